The molecule has 0 heterocycles. The Morgan fingerprint density at radius 2 is 1.94 bits per heavy atom. The summed E-state index contributed by atoms with van der Waals surface area (Å²) in [5, 5.41) is 10.7. The predicted molar refractivity (Wildman–Crippen MR) is 81.2 cm³/mol. The van der Waals surface area contributed by atoms with Gasteiger partial charge in [-0.1, -0.05) is 58.7 Å². The maximum Gasteiger partial charge on any atom is 0.270 e. The third kappa shape index (κ3) is 4.05. The molecule has 0 radical (unpaired) electrons. The molecule has 18 heavy (non-hydrogen) atoms. The molecule has 0 aliphatic carbocycles. The number of non-ortho nitro benzene ring substituents is 1. The minimum absolute atomic E-state index is 0.124. The minimum Gasteiger partial charge on any atom is -0.258 e. The number of halogens is 2. The standard InChI is InChI=1S/C13H17Br2NO2/c1-8(2)12(9(3)14)6-10-4-5-11(16(17)18)7-13(10)15/h4-5,7-9,12H,6H2,1-3H3. The van der Waals surface area contributed by atoms with Crippen LogP contribution in [0.5, 0.6) is 0 Å². The van der Waals surface area contributed by atoms with Crippen LogP contribution in [0, 0.1) is 22.0 Å². The van der Waals surface area contributed by atoms with Crippen molar-refractivity contribution < 1.29 is 4.92 Å². The number of alkyl halides is 1. The highest BCUT2D eigenvalue weighted by Crippen LogP contribution is 2.30. The summed E-state index contributed by atoms with van der Waals surface area (Å²) in [7, 11) is 0. The van der Waals surface area contributed by atoms with Crippen molar-refractivity contribution in [3.05, 3.63) is 38.3 Å². The molecular weight excluding hydrogens is 362 g/mol. The number of nitrogens with zero attached hydrogens (tertiary/aromatic N) is 1. The molecule has 100 valence electrons. The van der Waals surface area contributed by atoms with Gasteiger partial charge in [0, 0.05) is 21.4 Å². The van der Waals surface area contributed by atoms with Crippen molar-refractivity contribution in [1.82, 2.24) is 0 Å². The van der Waals surface area contributed by atoms with Crippen molar-refractivity contribution >= 4 is 37.5 Å². The van der Waals surface area contributed by atoms with E-state index in [4.69, 9.17) is 0 Å². The number of hydrogen-bond donors (Lipinski definition) is 0. The van der Waals surface area contributed by atoms with Crippen LogP contribution < -0.4 is 0 Å². The fourth-order valence-corrected chi connectivity index (χ4v) is 3.32. The summed E-state index contributed by atoms with van der Waals surface area (Å²) in [6.45, 7) is 6.54. The molecule has 0 bridgehead atoms. The van der Waals surface area contributed by atoms with Crippen molar-refractivity contribution in [3.8, 4) is 0 Å². The van der Waals surface area contributed by atoms with Crippen LogP contribution in [0.3, 0.4) is 0 Å². The average molecular weight is 379 g/mol. The molecule has 1 rings (SSSR count). The molecule has 2 unspecified atom stereocenters. The van der Waals surface area contributed by atoms with Gasteiger partial charge in [-0.3, -0.25) is 10.1 Å². The van der Waals surface area contributed by atoms with Crippen LogP contribution >= 0.6 is 31.9 Å². The first-order valence-electron chi connectivity index (χ1n) is 5.89. The first kappa shape index (κ1) is 15.6. The fourth-order valence-electron chi connectivity index (χ4n) is 2.00. The van der Waals surface area contributed by atoms with Crippen molar-refractivity contribution in [3.63, 3.8) is 0 Å². The van der Waals surface area contributed by atoms with Crippen LogP contribution in [0.4, 0.5) is 5.69 Å². The molecule has 0 saturated heterocycles. The van der Waals surface area contributed by atoms with E-state index in [0.717, 1.165) is 16.5 Å². The number of nitro groups is 1. The summed E-state index contributed by atoms with van der Waals surface area (Å²) in [4.78, 5) is 10.7. The van der Waals surface area contributed by atoms with Crippen molar-refractivity contribution in [1.29, 1.82) is 0 Å². The van der Waals surface area contributed by atoms with Gasteiger partial charge in [0.1, 0.15) is 0 Å². The Bertz CT molecular complexity index is 425. The third-order valence-corrected chi connectivity index (χ3v) is 4.57. The molecule has 5 heteroatoms. The molecule has 0 fully saturated rings. The van der Waals surface area contributed by atoms with Gasteiger partial charge in [0.15, 0.2) is 0 Å². The van der Waals surface area contributed by atoms with Gasteiger partial charge in [0.2, 0.25) is 0 Å². The van der Waals surface area contributed by atoms with E-state index in [2.05, 4.69) is 52.6 Å². The Balaban J connectivity index is 2.94. The van der Waals surface area contributed by atoms with Crippen LogP contribution in [0.15, 0.2) is 22.7 Å². The van der Waals surface area contributed by atoms with E-state index < -0.39 is 0 Å². The maximum absolute atomic E-state index is 10.7. The molecule has 1 aromatic carbocycles. The van der Waals surface area contributed by atoms with Gasteiger partial charge in [-0.15, -0.1) is 0 Å². The molecule has 0 spiro atoms. The molecule has 0 amide bonds. The highest BCUT2D eigenvalue weighted by Gasteiger charge is 2.21. The highest BCUT2D eigenvalue weighted by atomic mass is 79.9. The lowest BCUT2D eigenvalue weighted by molar-refractivity contribution is -0.384. The lowest BCUT2D eigenvalue weighted by Gasteiger charge is -2.24. The monoisotopic (exact) mass is 377 g/mol. The van der Waals surface area contributed by atoms with Crippen LogP contribution in [0.25, 0.3) is 0 Å². The Hall–Kier alpha value is -0.420. The lowest BCUT2D eigenvalue weighted by Crippen LogP contribution is -2.20. The summed E-state index contributed by atoms with van der Waals surface area (Å²) in [5.74, 6) is 1.06. The van der Waals surface area contributed by atoms with E-state index in [1.54, 1.807) is 12.1 Å². The smallest absolute Gasteiger partial charge is 0.258 e. The van der Waals surface area contributed by atoms with E-state index in [-0.39, 0.29) is 10.6 Å². The summed E-state index contributed by atoms with van der Waals surface area (Å²) >= 11 is 7.06. The largest absolute Gasteiger partial charge is 0.270 e. The minimum atomic E-state index is -0.373. The second-order valence-corrected chi connectivity index (χ2v) is 7.12. The molecule has 0 aliphatic rings. The first-order valence-corrected chi connectivity index (χ1v) is 7.60. The second kappa shape index (κ2) is 6.66. The van der Waals surface area contributed by atoms with E-state index >= 15 is 0 Å². The Morgan fingerprint density at radius 3 is 2.33 bits per heavy atom. The van der Waals surface area contributed by atoms with E-state index in [1.807, 2.05) is 6.07 Å². The Kier molecular flexibility index (Phi) is 5.79. The Labute approximate surface area is 124 Å². The van der Waals surface area contributed by atoms with Gasteiger partial charge in [0.05, 0.1) is 4.92 Å². The number of benzene rings is 1. The van der Waals surface area contributed by atoms with Gasteiger partial charge in [-0.2, -0.15) is 0 Å². The van der Waals surface area contributed by atoms with Gasteiger partial charge in [-0.25, -0.2) is 0 Å². The maximum atomic E-state index is 10.7. The van der Waals surface area contributed by atoms with Crippen LogP contribution in [-0.2, 0) is 6.42 Å². The number of rotatable bonds is 5. The van der Waals surface area contributed by atoms with E-state index in [9.17, 15) is 10.1 Å². The van der Waals surface area contributed by atoms with Crippen LogP contribution in [0.2, 0.25) is 0 Å². The third-order valence-electron chi connectivity index (χ3n) is 3.15. The quantitative estimate of drug-likeness (QED) is 0.413. The molecule has 3 nitrogen and oxygen atoms in total. The van der Waals surface area contributed by atoms with E-state index in [1.165, 1.54) is 0 Å². The molecule has 1 aromatic rings. The fraction of sp³-hybridized carbons (Fsp3) is 0.538. The zero-order valence-corrected chi connectivity index (χ0v) is 13.9. The Morgan fingerprint density at radius 1 is 1.33 bits per heavy atom. The number of nitro benzene ring substituents is 1. The SMILES string of the molecule is CC(C)C(Cc1ccc([N+](=O)[O-])cc1Br)C(C)Br. The highest BCUT2D eigenvalue weighted by molar-refractivity contribution is 9.10. The van der Waals surface area contributed by atoms with Gasteiger partial charge >= 0.3 is 0 Å². The normalized spacial score (nSPS) is 14.6. The molecular formula is C13H17Br2NO2. The molecule has 2 atom stereocenters. The zero-order valence-electron chi connectivity index (χ0n) is 10.7. The van der Waals surface area contributed by atoms with E-state index in [0.29, 0.717) is 16.7 Å². The lowest BCUT2D eigenvalue weighted by atomic mass is 9.87. The number of hydrogen-bond acceptors (Lipinski definition) is 2. The summed E-state index contributed by atoms with van der Waals surface area (Å²) in [5.41, 5.74) is 1.24. The molecule has 0 aliphatic heterocycles. The summed E-state index contributed by atoms with van der Waals surface area (Å²) < 4.78 is 0.815. The van der Waals surface area contributed by atoms with Crippen LogP contribution in [0.1, 0.15) is 26.3 Å². The summed E-state index contributed by atoms with van der Waals surface area (Å²) in [6, 6.07) is 4.98. The first-order chi connectivity index (χ1) is 8.32. The van der Waals surface area contributed by atoms with Crippen molar-refractivity contribution in [2.75, 3.05) is 0 Å². The molecule has 0 aromatic heterocycles. The second-order valence-electron chi connectivity index (χ2n) is 4.82. The van der Waals surface area contributed by atoms with Gasteiger partial charge < -0.3 is 0 Å². The topological polar surface area (TPSA) is 43.1 Å². The van der Waals surface area contributed by atoms with Crippen molar-refractivity contribution in [2.24, 2.45) is 11.8 Å². The molecule has 0 saturated carbocycles. The molecule has 0 N–H and O–H groups in total. The predicted octanol–water partition coefficient (Wildman–Crippen LogP) is 4.96. The summed E-state index contributed by atoms with van der Waals surface area (Å²) in [6.07, 6.45) is 0.905. The average Bonchev–Trinajstić information content (AvgIpc) is 2.25. The van der Waals surface area contributed by atoms with Crippen molar-refractivity contribution in [2.45, 2.75) is 32.0 Å². The van der Waals surface area contributed by atoms with Gasteiger partial charge in [-0.05, 0) is 23.8 Å². The van der Waals surface area contributed by atoms with Gasteiger partial charge in [0.25, 0.3) is 5.69 Å². The van der Waals surface area contributed by atoms with Crippen LogP contribution in [-0.4, -0.2) is 9.75 Å². The zero-order chi connectivity index (χ0) is 13.9.